The molecule has 1 N–H and O–H groups in total. The molecule has 0 spiro atoms. The summed E-state index contributed by atoms with van der Waals surface area (Å²) in [7, 11) is 2.05. The van der Waals surface area contributed by atoms with Crippen molar-refractivity contribution >= 4 is 0 Å². The van der Waals surface area contributed by atoms with E-state index in [0.717, 1.165) is 18.3 Å². The zero-order valence-electron chi connectivity index (χ0n) is 10.7. The van der Waals surface area contributed by atoms with Gasteiger partial charge in [0.25, 0.3) is 0 Å². The van der Waals surface area contributed by atoms with E-state index in [2.05, 4.69) is 35.8 Å². The highest BCUT2D eigenvalue weighted by Gasteiger charge is 2.28. The van der Waals surface area contributed by atoms with E-state index in [1.807, 2.05) is 12.4 Å². The largest absolute Gasteiger partial charge is 0.337 e. The Morgan fingerprint density at radius 2 is 2.19 bits per heavy atom. The number of rotatable bonds is 3. The molecular weight excluding hydrogens is 198 g/mol. The summed E-state index contributed by atoms with van der Waals surface area (Å²) in [5.41, 5.74) is 0.318. The minimum absolute atomic E-state index is 0.318. The van der Waals surface area contributed by atoms with E-state index in [-0.39, 0.29) is 0 Å². The van der Waals surface area contributed by atoms with Gasteiger partial charge in [-0.15, -0.1) is 0 Å². The van der Waals surface area contributed by atoms with E-state index in [4.69, 9.17) is 0 Å². The molecule has 0 aliphatic heterocycles. The highest BCUT2D eigenvalue weighted by Crippen LogP contribution is 2.31. The van der Waals surface area contributed by atoms with Crippen molar-refractivity contribution in [2.45, 2.75) is 51.6 Å². The Balaban J connectivity index is 1.88. The first-order valence-corrected chi connectivity index (χ1v) is 6.30. The SMILES string of the molecule is CC1CCC(C)(NCc2nccn2C)CC1. The van der Waals surface area contributed by atoms with Gasteiger partial charge in [0.1, 0.15) is 5.82 Å². The second-order valence-corrected chi connectivity index (χ2v) is 5.55. The lowest BCUT2D eigenvalue weighted by Gasteiger charge is -2.37. The second kappa shape index (κ2) is 4.58. The third-order valence-corrected chi connectivity index (χ3v) is 3.97. The maximum atomic E-state index is 4.35. The molecule has 0 amide bonds. The summed E-state index contributed by atoms with van der Waals surface area (Å²) in [6.45, 7) is 5.59. The Labute approximate surface area is 98.3 Å². The summed E-state index contributed by atoms with van der Waals surface area (Å²) in [6.07, 6.45) is 9.15. The summed E-state index contributed by atoms with van der Waals surface area (Å²) < 4.78 is 2.09. The van der Waals surface area contributed by atoms with Gasteiger partial charge < -0.3 is 9.88 Å². The fourth-order valence-corrected chi connectivity index (χ4v) is 2.44. The highest BCUT2D eigenvalue weighted by molar-refractivity contribution is 4.94. The molecule has 0 radical (unpaired) electrons. The molecule has 3 nitrogen and oxygen atoms in total. The molecule has 1 heterocycles. The van der Waals surface area contributed by atoms with Gasteiger partial charge in [0.05, 0.1) is 6.54 Å². The molecule has 1 aromatic heterocycles. The smallest absolute Gasteiger partial charge is 0.122 e. The van der Waals surface area contributed by atoms with Crippen LogP contribution in [0.25, 0.3) is 0 Å². The van der Waals surface area contributed by atoms with E-state index in [9.17, 15) is 0 Å². The van der Waals surface area contributed by atoms with Gasteiger partial charge in [0, 0.05) is 25.0 Å². The van der Waals surface area contributed by atoms with Gasteiger partial charge in [-0.3, -0.25) is 0 Å². The van der Waals surface area contributed by atoms with E-state index >= 15 is 0 Å². The number of nitrogens with one attached hydrogen (secondary N) is 1. The predicted octanol–water partition coefficient (Wildman–Crippen LogP) is 2.48. The average molecular weight is 221 g/mol. The Morgan fingerprint density at radius 3 is 2.75 bits per heavy atom. The normalized spacial score (nSPS) is 30.6. The van der Waals surface area contributed by atoms with Gasteiger partial charge >= 0.3 is 0 Å². The molecule has 16 heavy (non-hydrogen) atoms. The molecule has 0 aromatic carbocycles. The van der Waals surface area contributed by atoms with E-state index < -0.39 is 0 Å². The maximum absolute atomic E-state index is 4.35. The molecule has 3 heteroatoms. The molecule has 0 atom stereocenters. The lowest BCUT2D eigenvalue weighted by Crippen LogP contribution is -2.44. The Kier molecular flexibility index (Phi) is 3.33. The summed E-state index contributed by atoms with van der Waals surface area (Å²) in [6, 6.07) is 0. The van der Waals surface area contributed by atoms with Crippen LogP contribution in [0.5, 0.6) is 0 Å². The first kappa shape index (κ1) is 11.6. The van der Waals surface area contributed by atoms with Crippen molar-refractivity contribution in [1.82, 2.24) is 14.9 Å². The van der Waals surface area contributed by atoms with Crippen LogP contribution in [0.2, 0.25) is 0 Å². The first-order chi connectivity index (χ1) is 7.59. The zero-order chi connectivity index (χ0) is 11.6. The van der Waals surface area contributed by atoms with Crippen molar-refractivity contribution in [3.8, 4) is 0 Å². The monoisotopic (exact) mass is 221 g/mol. The molecule has 1 fully saturated rings. The van der Waals surface area contributed by atoms with Crippen LogP contribution >= 0.6 is 0 Å². The van der Waals surface area contributed by atoms with E-state index in [0.29, 0.717) is 5.54 Å². The predicted molar refractivity (Wildman–Crippen MR) is 66.1 cm³/mol. The summed E-state index contributed by atoms with van der Waals surface area (Å²) in [4.78, 5) is 4.35. The van der Waals surface area contributed by atoms with Crippen molar-refractivity contribution in [2.24, 2.45) is 13.0 Å². The summed E-state index contributed by atoms with van der Waals surface area (Å²) >= 11 is 0. The quantitative estimate of drug-likeness (QED) is 0.850. The zero-order valence-corrected chi connectivity index (χ0v) is 10.7. The lowest BCUT2D eigenvalue weighted by molar-refractivity contribution is 0.211. The third kappa shape index (κ3) is 2.64. The molecule has 0 saturated heterocycles. The molecule has 0 bridgehead atoms. The molecule has 1 aliphatic rings. The minimum Gasteiger partial charge on any atom is -0.337 e. The van der Waals surface area contributed by atoms with Crippen molar-refractivity contribution < 1.29 is 0 Å². The van der Waals surface area contributed by atoms with Gasteiger partial charge in [-0.2, -0.15) is 0 Å². The third-order valence-electron chi connectivity index (χ3n) is 3.97. The topological polar surface area (TPSA) is 29.9 Å². The second-order valence-electron chi connectivity index (χ2n) is 5.55. The van der Waals surface area contributed by atoms with Gasteiger partial charge in [-0.1, -0.05) is 6.92 Å². The Hall–Kier alpha value is -0.830. The van der Waals surface area contributed by atoms with Crippen LogP contribution in [0.1, 0.15) is 45.4 Å². The fourth-order valence-electron chi connectivity index (χ4n) is 2.44. The van der Waals surface area contributed by atoms with Gasteiger partial charge in [-0.25, -0.2) is 4.98 Å². The van der Waals surface area contributed by atoms with Crippen LogP contribution in [-0.4, -0.2) is 15.1 Å². The van der Waals surface area contributed by atoms with Crippen molar-refractivity contribution in [3.05, 3.63) is 18.2 Å². The average Bonchev–Trinajstić information content (AvgIpc) is 2.67. The van der Waals surface area contributed by atoms with Crippen LogP contribution in [0.3, 0.4) is 0 Å². The first-order valence-electron chi connectivity index (χ1n) is 6.30. The van der Waals surface area contributed by atoms with E-state index in [1.54, 1.807) is 0 Å². The van der Waals surface area contributed by atoms with Crippen LogP contribution < -0.4 is 5.32 Å². The molecule has 0 unspecified atom stereocenters. The summed E-state index contributed by atoms with van der Waals surface area (Å²) in [5, 5.41) is 3.68. The van der Waals surface area contributed by atoms with E-state index in [1.165, 1.54) is 25.7 Å². The lowest BCUT2D eigenvalue weighted by atomic mass is 9.78. The maximum Gasteiger partial charge on any atom is 0.122 e. The van der Waals surface area contributed by atoms with Gasteiger partial charge in [-0.05, 0) is 38.5 Å². The molecule has 1 aliphatic carbocycles. The highest BCUT2D eigenvalue weighted by atomic mass is 15.1. The van der Waals surface area contributed by atoms with Crippen molar-refractivity contribution in [3.63, 3.8) is 0 Å². The number of imidazole rings is 1. The molecule has 1 saturated carbocycles. The molecule has 2 rings (SSSR count). The van der Waals surface area contributed by atoms with Crippen molar-refractivity contribution in [1.29, 1.82) is 0 Å². The molecule has 90 valence electrons. The summed E-state index contributed by atoms with van der Waals surface area (Å²) in [5.74, 6) is 2.03. The molecule has 1 aromatic rings. The number of hydrogen-bond acceptors (Lipinski definition) is 2. The van der Waals surface area contributed by atoms with Crippen LogP contribution in [0.4, 0.5) is 0 Å². The minimum atomic E-state index is 0.318. The molecular formula is C13H23N3. The van der Waals surface area contributed by atoms with Crippen LogP contribution in [0, 0.1) is 5.92 Å². The van der Waals surface area contributed by atoms with Crippen LogP contribution in [0.15, 0.2) is 12.4 Å². The number of aromatic nitrogens is 2. The Morgan fingerprint density at radius 1 is 1.50 bits per heavy atom. The standard InChI is InChI=1S/C13H23N3/c1-11-4-6-13(2,7-5-11)15-10-12-14-8-9-16(12)3/h8-9,11,15H,4-7,10H2,1-3H3. The van der Waals surface area contributed by atoms with Crippen LogP contribution in [-0.2, 0) is 13.6 Å². The van der Waals surface area contributed by atoms with Crippen molar-refractivity contribution in [2.75, 3.05) is 0 Å². The van der Waals surface area contributed by atoms with Gasteiger partial charge in [0.2, 0.25) is 0 Å². The Bertz CT molecular complexity index is 335. The number of nitrogens with zero attached hydrogens (tertiary/aromatic N) is 2. The van der Waals surface area contributed by atoms with Gasteiger partial charge in [0.15, 0.2) is 0 Å². The number of aryl methyl sites for hydroxylation is 1. The number of hydrogen-bond donors (Lipinski definition) is 1. The fraction of sp³-hybridized carbons (Fsp3) is 0.769.